The van der Waals surface area contributed by atoms with Gasteiger partial charge in [0, 0.05) is 19.2 Å². The summed E-state index contributed by atoms with van der Waals surface area (Å²) in [6.45, 7) is 1.54. The summed E-state index contributed by atoms with van der Waals surface area (Å²) in [5.74, 6) is 0.935. The Kier molecular flexibility index (Phi) is 3.24. The lowest BCUT2D eigenvalue weighted by Crippen LogP contribution is -2.36. The van der Waals surface area contributed by atoms with E-state index in [1.54, 1.807) is 5.57 Å². The zero-order valence-electron chi connectivity index (χ0n) is 9.08. The summed E-state index contributed by atoms with van der Waals surface area (Å²) < 4.78 is 0. The minimum absolute atomic E-state index is 0.335. The van der Waals surface area contributed by atoms with Gasteiger partial charge in [-0.3, -0.25) is 4.90 Å². The highest BCUT2D eigenvalue weighted by Gasteiger charge is 2.33. The molecule has 0 saturated heterocycles. The van der Waals surface area contributed by atoms with Crippen LogP contribution in [0.25, 0.3) is 0 Å². The van der Waals surface area contributed by atoms with Crippen molar-refractivity contribution in [1.82, 2.24) is 4.90 Å². The number of aliphatic hydroxyl groups excluding tert-OH is 1. The van der Waals surface area contributed by atoms with Gasteiger partial charge in [-0.2, -0.15) is 0 Å². The van der Waals surface area contributed by atoms with Crippen LogP contribution in [0.2, 0.25) is 0 Å². The summed E-state index contributed by atoms with van der Waals surface area (Å²) in [6.07, 6.45) is 8.55. The molecule has 0 spiro atoms. The third-order valence-corrected chi connectivity index (χ3v) is 3.46. The van der Waals surface area contributed by atoms with Gasteiger partial charge in [-0.05, 0) is 45.1 Å². The van der Waals surface area contributed by atoms with Gasteiger partial charge in [0.1, 0.15) is 0 Å². The van der Waals surface area contributed by atoms with Crippen molar-refractivity contribution in [1.29, 1.82) is 0 Å². The summed E-state index contributed by atoms with van der Waals surface area (Å²) in [4.78, 5) is 2.49. The zero-order chi connectivity index (χ0) is 9.97. The third-order valence-electron chi connectivity index (χ3n) is 3.46. The van der Waals surface area contributed by atoms with E-state index in [0.717, 1.165) is 18.8 Å². The van der Waals surface area contributed by atoms with E-state index in [-0.39, 0.29) is 0 Å². The van der Waals surface area contributed by atoms with Gasteiger partial charge in [-0.1, -0.05) is 11.6 Å². The highest BCUT2D eigenvalue weighted by molar-refractivity contribution is 5.14. The molecule has 1 aliphatic heterocycles. The van der Waals surface area contributed by atoms with Crippen LogP contribution in [0.4, 0.5) is 0 Å². The van der Waals surface area contributed by atoms with E-state index in [4.69, 9.17) is 5.11 Å². The second-order valence-corrected chi connectivity index (χ2v) is 4.71. The molecule has 1 fully saturated rings. The van der Waals surface area contributed by atoms with Crippen molar-refractivity contribution in [2.45, 2.75) is 38.1 Å². The second-order valence-electron chi connectivity index (χ2n) is 4.71. The Labute approximate surface area is 86.6 Å². The Morgan fingerprint density at radius 3 is 2.93 bits per heavy atom. The predicted octanol–water partition coefficient (Wildman–Crippen LogP) is 1.80. The number of aliphatic hydroxyl groups is 1. The topological polar surface area (TPSA) is 23.5 Å². The fourth-order valence-corrected chi connectivity index (χ4v) is 2.37. The lowest BCUT2D eigenvalue weighted by molar-refractivity contribution is 0.243. The Balaban J connectivity index is 1.93. The summed E-state index contributed by atoms with van der Waals surface area (Å²) >= 11 is 0. The van der Waals surface area contributed by atoms with E-state index < -0.39 is 0 Å². The molecule has 0 aromatic heterocycles. The number of rotatable bonds is 4. The van der Waals surface area contributed by atoms with Crippen LogP contribution in [-0.4, -0.2) is 36.2 Å². The van der Waals surface area contributed by atoms with Crippen molar-refractivity contribution < 1.29 is 5.11 Å². The van der Waals surface area contributed by atoms with Crippen molar-refractivity contribution in [3.8, 4) is 0 Å². The number of nitrogens with zero attached hydrogens (tertiary/aromatic N) is 1. The van der Waals surface area contributed by atoms with Crippen LogP contribution in [0.15, 0.2) is 11.6 Å². The maximum atomic E-state index is 8.80. The van der Waals surface area contributed by atoms with Gasteiger partial charge in [-0.15, -0.1) is 0 Å². The Morgan fingerprint density at radius 1 is 1.50 bits per heavy atom. The van der Waals surface area contributed by atoms with E-state index in [9.17, 15) is 0 Å². The summed E-state index contributed by atoms with van der Waals surface area (Å²) in [6, 6.07) is 0.706. The molecule has 1 unspecified atom stereocenters. The molecular formula is C12H21NO. The lowest BCUT2D eigenvalue weighted by atomic mass is 9.96. The standard InChI is InChI=1S/C12H21NO/c1-13-7-6-10(3-2-8-14)9-12(13)11-4-5-11/h9,11-12,14H,2-8H2,1H3. The first-order valence-electron chi connectivity index (χ1n) is 5.82. The molecule has 0 aromatic carbocycles. The maximum absolute atomic E-state index is 8.80. The Morgan fingerprint density at radius 2 is 2.29 bits per heavy atom. The zero-order valence-corrected chi connectivity index (χ0v) is 9.08. The van der Waals surface area contributed by atoms with E-state index in [1.807, 2.05) is 0 Å². The van der Waals surface area contributed by atoms with Crippen LogP contribution in [0, 0.1) is 5.92 Å². The monoisotopic (exact) mass is 195 g/mol. The fraction of sp³-hybridized carbons (Fsp3) is 0.833. The van der Waals surface area contributed by atoms with Crippen molar-refractivity contribution in [2.24, 2.45) is 5.92 Å². The van der Waals surface area contributed by atoms with Gasteiger partial charge in [0.05, 0.1) is 0 Å². The molecule has 1 N–H and O–H groups in total. The molecule has 1 heterocycles. The van der Waals surface area contributed by atoms with Gasteiger partial charge in [0.25, 0.3) is 0 Å². The molecule has 1 aliphatic carbocycles. The van der Waals surface area contributed by atoms with Crippen LogP contribution in [0.1, 0.15) is 32.1 Å². The predicted molar refractivity (Wildman–Crippen MR) is 58.2 cm³/mol. The van der Waals surface area contributed by atoms with Gasteiger partial charge in [0.15, 0.2) is 0 Å². The smallest absolute Gasteiger partial charge is 0.0434 e. The van der Waals surface area contributed by atoms with E-state index in [0.29, 0.717) is 12.6 Å². The molecule has 2 heteroatoms. The molecule has 1 saturated carbocycles. The molecule has 2 aliphatic rings. The van der Waals surface area contributed by atoms with Gasteiger partial charge >= 0.3 is 0 Å². The van der Waals surface area contributed by atoms with E-state index in [1.165, 1.54) is 25.8 Å². The summed E-state index contributed by atoms with van der Waals surface area (Å²) in [5.41, 5.74) is 1.58. The van der Waals surface area contributed by atoms with Crippen molar-refractivity contribution in [3.63, 3.8) is 0 Å². The van der Waals surface area contributed by atoms with Gasteiger partial charge in [-0.25, -0.2) is 0 Å². The molecule has 2 nitrogen and oxygen atoms in total. The summed E-state index contributed by atoms with van der Waals surface area (Å²) in [5, 5.41) is 8.80. The van der Waals surface area contributed by atoms with Crippen LogP contribution in [0.5, 0.6) is 0 Å². The van der Waals surface area contributed by atoms with Crippen molar-refractivity contribution in [2.75, 3.05) is 20.2 Å². The van der Waals surface area contributed by atoms with Crippen LogP contribution in [-0.2, 0) is 0 Å². The highest BCUT2D eigenvalue weighted by atomic mass is 16.2. The average Bonchev–Trinajstić information content (AvgIpc) is 3.00. The summed E-state index contributed by atoms with van der Waals surface area (Å²) in [7, 11) is 2.24. The minimum atomic E-state index is 0.335. The maximum Gasteiger partial charge on any atom is 0.0434 e. The fourth-order valence-electron chi connectivity index (χ4n) is 2.37. The number of likely N-dealkylation sites (N-methyl/N-ethyl adjacent to an activating group) is 1. The Bertz CT molecular complexity index is 220. The largest absolute Gasteiger partial charge is 0.396 e. The molecule has 14 heavy (non-hydrogen) atoms. The molecular weight excluding hydrogens is 174 g/mol. The van der Waals surface area contributed by atoms with Gasteiger partial charge in [0.2, 0.25) is 0 Å². The quantitative estimate of drug-likeness (QED) is 0.691. The van der Waals surface area contributed by atoms with E-state index in [2.05, 4.69) is 18.0 Å². The molecule has 0 radical (unpaired) electrons. The third kappa shape index (κ3) is 2.37. The van der Waals surface area contributed by atoms with Crippen LogP contribution >= 0.6 is 0 Å². The molecule has 80 valence electrons. The molecule has 0 amide bonds. The lowest BCUT2D eigenvalue weighted by Gasteiger charge is -2.31. The molecule has 1 atom stereocenters. The van der Waals surface area contributed by atoms with E-state index >= 15 is 0 Å². The second kappa shape index (κ2) is 4.45. The minimum Gasteiger partial charge on any atom is -0.396 e. The molecule has 2 rings (SSSR count). The van der Waals surface area contributed by atoms with Crippen LogP contribution in [0.3, 0.4) is 0 Å². The van der Waals surface area contributed by atoms with Gasteiger partial charge < -0.3 is 5.11 Å². The van der Waals surface area contributed by atoms with Crippen molar-refractivity contribution in [3.05, 3.63) is 11.6 Å². The highest BCUT2D eigenvalue weighted by Crippen LogP contribution is 2.38. The normalized spacial score (nSPS) is 29.0. The first-order chi connectivity index (χ1) is 6.81. The first-order valence-corrected chi connectivity index (χ1v) is 5.82. The first kappa shape index (κ1) is 10.2. The van der Waals surface area contributed by atoms with Crippen LogP contribution < -0.4 is 0 Å². The molecule has 0 bridgehead atoms. The number of hydrogen-bond acceptors (Lipinski definition) is 2. The Hall–Kier alpha value is -0.340. The average molecular weight is 195 g/mol. The number of hydrogen-bond donors (Lipinski definition) is 1. The SMILES string of the molecule is CN1CCC(CCCO)=CC1C1CC1. The molecule has 0 aromatic rings. The van der Waals surface area contributed by atoms with Crippen molar-refractivity contribution >= 4 is 0 Å².